The monoisotopic (exact) mass is 336 g/mol. The lowest BCUT2D eigenvalue weighted by Gasteiger charge is -2.39. The van der Waals surface area contributed by atoms with Crippen molar-refractivity contribution in [1.29, 1.82) is 0 Å². The van der Waals surface area contributed by atoms with Gasteiger partial charge in [0.05, 0.1) is 0 Å². The quantitative estimate of drug-likeness (QED) is 0.600. The molecule has 2 aromatic rings. The molecule has 0 heterocycles. The average Bonchev–Trinajstić information content (AvgIpc) is 2.54. The zero-order chi connectivity index (χ0) is 18.7. The van der Waals surface area contributed by atoms with Crippen LogP contribution >= 0.6 is 0 Å². The minimum absolute atomic E-state index is 0.0556. The predicted octanol–water partition coefficient (Wildman–Crippen LogP) is 6.61. The van der Waals surface area contributed by atoms with E-state index in [9.17, 15) is 4.79 Å². The van der Waals surface area contributed by atoms with Gasteiger partial charge in [-0.3, -0.25) is 4.79 Å². The van der Waals surface area contributed by atoms with Crippen molar-refractivity contribution in [3.8, 4) is 0 Å². The number of Topliss-reactive ketones (excluding diaryl/α,β-unsaturated/α-hetero) is 1. The van der Waals surface area contributed by atoms with Crippen LogP contribution in [0, 0.1) is 10.8 Å². The van der Waals surface area contributed by atoms with E-state index in [1.165, 1.54) is 11.1 Å². The molecule has 2 aromatic carbocycles. The molecule has 1 heteroatoms. The molecule has 0 saturated heterocycles. The van der Waals surface area contributed by atoms with Gasteiger partial charge in [-0.1, -0.05) is 102 Å². The maximum Gasteiger partial charge on any atom is 0.138 e. The molecule has 1 nitrogen and oxygen atoms in total. The van der Waals surface area contributed by atoms with E-state index in [1.807, 2.05) is 26.8 Å². The number of hydrogen-bond acceptors (Lipinski definition) is 1. The summed E-state index contributed by atoms with van der Waals surface area (Å²) in [5, 5.41) is 0. The first kappa shape index (κ1) is 19.4. The van der Waals surface area contributed by atoms with Crippen molar-refractivity contribution < 1.29 is 4.79 Å². The Labute approximate surface area is 153 Å². The largest absolute Gasteiger partial charge is 0.299 e. The molecule has 25 heavy (non-hydrogen) atoms. The summed E-state index contributed by atoms with van der Waals surface area (Å²) in [5.41, 5.74) is 2.31. The van der Waals surface area contributed by atoms with E-state index in [0.29, 0.717) is 12.2 Å². The molecule has 0 spiro atoms. The van der Waals surface area contributed by atoms with Crippen molar-refractivity contribution in [3.05, 3.63) is 71.8 Å². The van der Waals surface area contributed by atoms with Gasteiger partial charge in [0.2, 0.25) is 0 Å². The van der Waals surface area contributed by atoms with Gasteiger partial charge in [-0.05, 0) is 28.4 Å². The second kappa shape index (κ2) is 7.56. The fourth-order valence-corrected chi connectivity index (χ4v) is 3.63. The average molecular weight is 337 g/mol. The van der Waals surface area contributed by atoms with Crippen LogP contribution in [0.3, 0.4) is 0 Å². The molecule has 0 N–H and O–H groups in total. The van der Waals surface area contributed by atoms with Crippen LogP contribution in [0.15, 0.2) is 60.7 Å². The van der Waals surface area contributed by atoms with Gasteiger partial charge in [0.1, 0.15) is 5.78 Å². The first-order chi connectivity index (χ1) is 11.6. The highest BCUT2D eigenvalue weighted by molar-refractivity contribution is 5.84. The van der Waals surface area contributed by atoms with Crippen molar-refractivity contribution in [2.75, 3.05) is 0 Å². The summed E-state index contributed by atoms with van der Waals surface area (Å²) in [7, 11) is 0. The molecule has 0 bridgehead atoms. The topological polar surface area (TPSA) is 17.1 Å². The van der Waals surface area contributed by atoms with E-state index in [1.54, 1.807) is 0 Å². The Balaban J connectivity index is 2.53. The Bertz CT molecular complexity index is 672. The zero-order valence-corrected chi connectivity index (χ0v) is 16.5. The molecule has 0 fully saturated rings. The van der Waals surface area contributed by atoms with E-state index >= 15 is 0 Å². The van der Waals surface area contributed by atoms with Crippen LogP contribution in [0.4, 0.5) is 0 Å². The number of carbonyl (C=O) groups excluding carboxylic acids is 1. The van der Waals surface area contributed by atoms with Crippen molar-refractivity contribution in [2.24, 2.45) is 10.8 Å². The van der Waals surface area contributed by atoms with E-state index in [0.717, 1.165) is 0 Å². The molecule has 0 amide bonds. The van der Waals surface area contributed by atoms with Crippen molar-refractivity contribution in [1.82, 2.24) is 0 Å². The molecule has 0 saturated carbocycles. The van der Waals surface area contributed by atoms with Gasteiger partial charge in [-0.25, -0.2) is 0 Å². The van der Waals surface area contributed by atoms with E-state index in [-0.39, 0.29) is 22.7 Å². The van der Waals surface area contributed by atoms with Crippen LogP contribution in [-0.2, 0) is 4.79 Å². The molecule has 0 aliphatic heterocycles. The van der Waals surface area contributed by atoms with Crippen LogP contribution in [-0.4, -0.2) is 5.78 Å². The van der Waals surface area contributed by atoms with Crippen LogP contribution in [0.1, 0.15) is 70.9 Å². The molecule has 2 rings (SSSR count). The number of hydrogen-bond donors (Lipinski definition) is 0. The second-order valence-electron chi connectivity index (χ2n) is 9.15. The van der Waals surface area contributed by atoms with Gasteiger partial charge in [-0.15, -0.1) is 0 Å². The van der Waals surface area contributed by atoms with Gasteiger partial charge >= 0.3 is 0 Å². The van der Waals surface area contributed by atoms with Crippen molar-refractivity contribution >= 4 is 5.78 Å². The van der Waals surface area contributed by atoms with Crippen molar-refractivity contribution in [2.45, 2.75) is 59.8 Å². The first-order valence-corrected chi connectivity index (χ1v) is 9.24. The standard InChI is InChI=1S/C24H32O/c1-23(2,3)21(25)17-20(18-13-9-7-10-14-18)22(24(4,5)6)19-15-11-8-12-16-19/h7-16,20,22H,17H2,1-6H3/t20-,22-/m0/s1. The van der Waals surface area contributed by atoms with Crippen LogP contribution in [0.5, 0.6) is 0 Å². The van der Waals surface area contributed by atoms with E-state index in [4.69, 9.17) is 0 Å². The highest BCUT2D eigenvalue weighted by atomic mass is 16.1. The van der Waals surface area contributed by atoms with Crippen LogP contribution in [0.2, 0.25) is 0 Å². The van der Waals surface area contributed by atoms with Crippen LogP contribution < -0.4 is 0 Å². The Hall–Kier alpha value is -1.89. The molecule has 0 radical (unpaired) electrons. The SMILES string of the molecule is CC(C)(C)C(=O)C[C@@H](c1ccccc1)[C@H](c1ccccc1)C(C)(C)C. The smallest absolute Gasteiger partial charge is 0.138 e. The lowest BCUT2D eigenvalue weighted by molar-refractivity contribution is -0.126. The number of benzene rings is 2. The number of carbonyl (C=O) groups is 1. The molecule has 2 atom stereocenters. The van der Waals surface area contributed by atoms with Gasteiger partial charge in [0, 0.05) is 11.8 Å². The fourth-order valence-electron chi connectivity index (χ4n) is 3.63. The first-order valence-electron chi connectivity index (χ1n) is 9.24. The molecule has 0 unspecified atom stereocenters. The molecule has 0 aliphatic carbocycles. The molecular formula is C24H32O. The maximum absolute atomic E-state index is 12.9. The Morgan fingerprint density at radius 1 is 0.760 bits per heavy atom. The summed E-state index contributed by atoms with van der Waals surface area (Å²) in [6, 6.07) is 21.2. The molecule has 134 valence electrons. The summed E-state index contributed by atoms with van der Waals surface area (Å²) in [4.78, 5) is 12.9. The maximum atomic E-state index is 12.9. The van der Waals surface area contributed by atoms with Gasteiger partial charge in [-0.2, -0.15) is 0 Å². The zero-order valence-electron chi connectivity index (χ0n) is 16.5. The van der Waals surface area contributed by atoms with Crippen molar-refractivity contribution in [3.63, 3.8) is 0 Å². The Kier molecular flexibility index (Phi) is 5.87. The summed E-state index contributed by atoms with van der Waals surface area (Å²) < 4.78 is 0. The molecule has 0 aromatic heterocycles. The Morgan fingerprint density at radius 2 is 1.20 bits per heavy atom. The number of rotatable bonds is 5. The summed E-state index contributed by atoms with van der Waals surface area (Å²) in [6.45, 7) is 12.9. The third-order valence-electron chi connectivity index (χ3n) is 4.96. The third-order valence-corrected chi connectivity index (χ3v) is 4.96. The highest BCUT2D eigenvalue weighted by Crippen LogP contribution is 2.47. The minimum Gasteiger partial charge on any atom is -0.299 e. The normalized spacial score (nSPS) is 14.8. The van der Waals surface area contributed by atoms with E-state index in [2.05, 4.69) is 75.4 Å². The predicted molar refractivity (Wildman–Crippen MR) is 107 cm³/mol. The minimum atomic E-state index is -0.313. The van der Waals surface area contributed by atoms with Gasteiger partial charge < -0.3 is 0 Å². The van der Waals surface area contributed by atoms with Crippen LogP contribution in [0.25, 0.3) is 0 Å². The summed E-state index contributed by atoms with van der Waals surface area (Å²) in [5.74, 6) is 0.782. The Morgan fingerprint density at radius 3 is 1.60 bits per heavy atom. The highest BCUT2D eigenvalue weighted by Gasteiger charge is 2.37. The van der Waals surface area contributed by atoms with Gasteiger partial charge in [0.15, 0.2) is 0 Å². The second-order valence-corrected chi connectivity index (χ2v) is 9.15. The lowest BCUT2D eigenvalue weighted by atomic mass is 9.65. The molecular weight excluding hydrogens is 304 g/mol. The van der Waals surface area contributed by atoms with E-state index < -0.39 is 0 Å². The summed E-state index contributed by atoms with van der Waals surface area (Å²) in [6.07, 6.45) is 0.574. The summed E-state index contributed by atoms with van der Waals surface area (Å²) >= 11 is 0. The lowest BCUT2D eigenvalue weighted by Crippen LogP contribution is -2.30. The van der Waals surface area contributed by atoms with Gasteiger partial charge in [0.25, 0.3) is 0 Å². The molecule has 0 aliphatic rings. The fraction of sp³-hybridized carbons (Fsp3) is 0.458. The third kappa shape index (κ3) is 5.04. The number of ketones is 1.